The van der Waals surface area contributed by atoms with Crippen molar-refractivity contribution in [2.24, 2.45) is 10.8 Å². The van der Waals surface area contributed by atoms with Gasteiger partial charge in [0.2, 0.25) is 11.8 Å². The predicted octanol–water partition coefficient (Wildman–Crippen LogP) is 3.53. The van der Waals surface area contributed by atoms with Crippen LogP contribution in [0.25, 0.3) is 0 Å². The van der Waals surface area contributed by atoms with Crippen LogP contribution in [0.5, 0.6) is 0 Å². The molecular weight excluding hydrogens is 310 g/mol. The topological polar surface area (TPSA) is 70.2 Å². The van der Waals surface area contributed by atoms with Gasteiger partial charge in [-0.15, -0.1) is 0 Å². The van der Waals surface area contributed by atoms with Crippen molar-refractivity contribution in [3.63, 3.8) is 0 Å². The molecule has 0 radical (unpaired) electrons. The van der Waals surface area contributed by atoms with E-state index in [0.717, 1.165) is 0 Å². The number of carbonyl (C=O) groups excluding carboxylic acids is 2. The predicted molar refractivity (Wildman–Crippen MR) is 98.3 cm³/mol. The molecule has 126 valence electrons. The SMILES string of the molecule is CC(C)(C)C(=O)NC(=S)Nc1cccc(NC(=O)C(C)(C)C)c1. The number of benzene rings is 1. The Kier molecular flexibility index (Phi) is 5.88. The molecule has 0 aliphatic rings. The molecular formula is C17H25N3O2S. The van der Waals surface area contributed by atoms with Crippen molar-refractivity contribution >= 4 is 40.5 Å². The van der Waals surface area contributed by atoms with Crippen LogP contribution >= 0.6 is 12.2 Å². The first kappa shape index (κ1) is 19.1. The molecule has 0 unspecified atom stereocenters. The smallest absolute Gasteiger partial charge is 0.231 e. The Hall–Kier alpha value is -1.95. The molecule has 23 heavy (non-hydrogen) atoms. The minimum absolute atomic E-state index is 0.0711. The lowest BCUT2D eigenvalue weighted by atomic mass is 9.95. The van der Waals surface area contributed by atoms with Gasteiger partial charge >= 0.3 is 0 Å². The average Bonchev–Trinajstić information content (AvgIpc) is 2.36. The summed E-state index contributed by atoms with van der Waals surface area (Å²) in [6.07, 6.45) is 0. The van der Waals surface area contributed by atoms with Crippen molar-refractivity contribution in [2.45, 2.75) is 41.5 Å². The van der Waals surface area contributed by atoms with Gasteiger partial charge in [-0.3, -0.25) is 9.59 Å². The Morgan fingerprint density at radius 2 is 1.35 bits per heavy atom. The monoisotopic (exact) mass is 335 g/mol. The molecule has 1 aromatic carbocycles. The van der Waals surface area contributed by atoms with Crippen molar-refractivity contribution < 1.29 is 9.59 Å². The lowest BCUT2D eigenvalue weighted by molar-refractivity contribution is -0.127. The number of anilines is 2. The molecule has 1 rings (SSSR count). The number of nitrogens with one attached hydrogen (secondary N) is 3. The number of hydrogen-bond donors (Lipinski definition) is 3. The summed E-state index contributed by atoms with van der Waals surface area (Å²) < 4.78 is 0. The quantitative estimate of drug-likeness (QED) is 0.723. The van der Waals surface area contributed by atoms with Gasteiger partial charge in [0, 0.05) is 22.2 Å². The molecule has 0 fully saturated rings. The van der Waals surface area contributed by atoms with Crippen molar-refractivity contribution in [1.82, 2.24) is 5.32 Å². The Morgan fingerprint density at radius 1 is 0.870 bits per heavy atom. The van der Waals surface area contributed by atoms with Crippen molar-refractivity contribution in [1.29, 1.82) is 0 Å². The fourth-order valence-electron chi connectivity index (χ4n) is 1.45. The number of rotatable bonds is 2. The van der Waals surface area contributed by atoms with Crippen LogP contribution in [-0.4, -0.2) is 16.9 Å². The maximum absolute atomic E-state index is 12.0. The van der Waals surface area contributed by atoms with E-state index >= 15 is 0 Å². The fourth-order valence-corrected chi connectivity index (χ4v) is 1.66. The summed E-state index contributed by atoms with van der Waals surface area (Å²) in [4.78, 5) is 23.9. The van der Waals surface area contributed by atoms with Crippen LogP contribution < -0.4 is 16.0 Å². The molecule has 2 amide bonds. The third-order valence-electron chi connectivity index (χ3n) is 2.97. The third kappa shape index (κ3) is 6.36. The summed E-state index contributed by atoms with van der Waals surface area (Å²) >= 11 is 5.14. The van der Waals surface area contributed by atoms with Gasteiger partial charge in [-0.05, 0) is 30.4 Å². The summed E-state index contributed by atoms with van der Waals surface area (Å²) in [6, 6.07) is 7.17. The van der Waals surface area contributed by atoms with Crippen LogP contribution in [0, 0.1) is 10.8 Å². The molecule has 5 nitrogen and oxygen atoms in total. The molecule has 0 spiro atoms. The molecule has 0 atom stereocenters. The number of carbonyl (C=O) groups is 2. The minimum atomic E-state index is -0.520. The number of hydrogen-bond acceptors (Lipinski definition) is 3. The van der Waals surface area contributed by atoms with Gasteiger partial charge in [0.25, 0.3) is 0 Å². The highest BCUT2D eigenvalue weighted by molar-refractivity contribution is 7.80. The summed E-state index contributed by atoms with van der Waals surface area (Å²) in [5.41, 5.74) is 0.365. The van der Waals surface area contributed by atoms with Crippen LogP contribution in [0.2, 0.25) is 0 Å². The van der Waals surface area contributed by atoms with Gasteiger partial charge in [0.05, 0.1) is 0 Å². The van der Waals surface area contributed by atoms with Crippen molar-refractivity contribution in [3.8, 4) is 0 Å². The number of amides is 2. The Morgan fingerprint density at radius 3 is 1.83 bits per heavy atom. The lowest BCUT2D eigenvalue weighted by Crippen LogP contribution is -2.41. The first-order valence-electron chi connectivity index (χ1n) is 7.43. The first-order chi connectivity index (χ1) is 10.4. The number of thiocarbonyl (C=S) groups is 1. The van der Waals surface area contributed by atoms with Gasteiger partial charge in [-0.1, -0.05) is 47.6 Å². The zero-order chi connectivity index (χ0) is 17.8. The summed E-state index contributed by atoms with van der Waals surface area (Å²) in [5.74, 6) is -0.231. The van der Waals surface area contributed by atoms with Crippen LogP contribution in [0.15, 0.2) is 24.3 Å². The van der Waals surface area contributed by atoms with Crippen molar-refractivity contribution in [2.75, 3.05) is 10.6 Å². The molecule has 0 bridgehead atoms. The van der Waals surface area contributed by atoms with Gasteiger partial charge < -0.3 is 16.0 Å². The molecule has 0 heterocycles. The standard InChI is InChI=1S/C17H25N3O2S/c1-16(2,3)13(21)18-11-8-7-9-12(10-11)19-15(23)20-14(22)17(4,5)6/h7-10H,1-6H3,(H,18,21)(H2,19,20,22,23). The average molecular weight is 335 g/mol. The normalized spacial score (nSPS) is 11.6. The first-order valence-corrected chi connectivity index (χ1v) is 7.84. The highest BCUT2D eigenvalue weighted by Crippen LogP contribution is 2.20. The van der Waals surface area contributed by atoms with E-state index in [2.05, 4.69) is 16.0 Å². The van der Waals surface area contributed by atoms with E-state index in [0.29, 0.717) is 11.4 Å². The molecule has 3 N–H and O–H groups in total. The summed E-state index contributed by atoms with van der Waals surface area (Å²) in [5, 5.41) is 8.67. The second-order valence-electron chi connectivity index (χ2n) is 7.44. The van der Waals surface area contributed by atoms with Crippen LogP contribution in [0.3, 0.4) is 0 Å². The second kappa shape index (κ2) is 7.08. The largest absolute Gasteiger partial charge is 0.332 e. The van der Waals surface area contributed by atoms with E-state index in [4.69, 9.17) is 12.2 Å². The highest BCUT2D eigenvalue weighted by atomic mass is 32.1. The molecule has 0 saturated carbocycles. The van der Waals surface area contributed by atoms with E-state index in [9.17, 15) is 9.59 Å². The van der Waals surface area contributed by atoms with E-state index < -0.39 is 10.8 Å². The van der Waals surface area contributed by atoms with Gasteiger partial charge in [0.1, 0.15) is 0 Å². The molecule has 1 aromatic rings. The molecule has 0 saturated heterocycles. The molecule has 6 heteroatoms. The van der Waals surface area contributed by atoms with Crippen LogP contribution in [-0.2, 0) is 9.59 Å². The van der Waals surface area contributed by atoms with E-state index in [-0.39, 0.29) is 16.9 Å². The van der Waals surface area contributed by atoms with Gasteiger partial charge in [-0.25, -0.2) is 0 Å². The van der Waals surface area contributed by atoms with Crippen LogP contribution in [0.4, 0.5) is 11.4 Å². The zero-order valence-electron chi connectivity index (χ0n) is 14.5. The van der Waals surface area contributed by atoms with E-state index in [1.165, 1.54) is 0 Å². The second-order valence-corrected chi connectivity index (χ2v) is 7.85. The highest BCUT2D eigenvalue weighted by Gasteiger charge is 2.22. The fraction of sp³-hybridized carbons (Fsp3) is 0.471. The Bertz CT molecular complexity index is 613. The zero-order valence-corrected chi connectivity index (χ0v) is 15.4. The molecule has 0 aliphatic carbocycles. The van der Waals surface area contributed by atoms with Crippen LogP contribution in [0.1, 0.15) is 41.5 Å². The Balaban J connectivity index is 2.73. The minimum Gasteiger partial charge on any atom is -0.332 e. The molecule has 0 aromatic heterocycles. The van der Waals surface area contributed by atoms with E-state index in [1.807, 2.05) is 47.6 Å². The van der Waals surface area contributed by atoms with E-state index in [1.54, 1.807) is 18.2 Å². The van der Waals surface area contributed by atoms with Gasteiger partial charge in [0.15, 0.2) is 5.11 Å². The molecule has 0 aliphatic heterocycles. The third-order valence-corrected chi connectivity index (χ3v) is 3.17. The summed E-state index contributed by atoms with van der Waals surface area (Å²) in [7, 11) is 0. The van der Waals surface area contributed by atoms with Gasteiger partial charge in [-0.2, -0.15) is 0 Å². The maximum Gasteiger partial charge on any atom is 0.231 e. The lowest BCUT2D eigenvalue weighted by Gasteiger charge is -2.19. The Labute approximate surface area is 143 Å². The van der Waals surface area contributed by atoms with Crippen molar-refractivity contribution in [3.05, 3.63) is 24.3 Å². The summed E-state index contributed by atoms with van der Waals surface area (Å²) in [6.45, 7) is 11.0. The maximum atomic E-state index is 12.0.